The lowest BCUT2D eigenvalue weighted by Crippen LogP contribution is -2.39. The quantitative estimate of drug-likeness (QED) is 0.457. The minimum Gasteiger partial charge on any atom is -0.321 e. The van der Waals surface area contributed by atoms with Gasteiger partial charge >= 0.3 is 6.03 Å². The fourth-order valence-electron chi connectivity index (χ4n) is 0.432. The summed E-state index contributed by atoms with van der Waals surface area (Å²) in [5.41, 5.74) is 2.29. The maximum atomic E-state index is 10.5. The Kier molecular flexibility index (Phi) is 1.15. The first-order chi connectivity index (χ1) is 3.80. The standard InChI is InChI=1S/C4H7N3O/c1-7-3-2-5-6-4(7)8/h2H,3H2,1H3,(H,6,8). The largest absolute Gasteiger partial charge is 0.337 e. The van der Waals surface area contributed by atoms with Gasteiger partial charge in [0.1, 0.15) is 0 Å². The molecule has 0 aromatic carbocycles. The van der Waals surface area contributed by atoms with Crippen LogP contribution < -0.4 is 5.43 Å². The average Bonchev–Trinajstić information content (AvgIpc) is 1.77. The molecule has 1 aliphatic heterocycles. The summed E-state index contributed by atoms with van der Waals surface area (Å²) in [6.07, 6.45) is 1.64. The number of amides is 2. The molecule has 0 fully saturated rings. The van der Waals surface area contributed by atoms with Crippen LogP contribution in [0, 0.1) is 0 Å². The van der Waals surface area contributed by atoms with E-state index in [0.29, 0.717) is 6.54 Å². The van der Waals surface area contributed by atoms with Gasteiger partial charge < -0.3 is 4.90 Å². The summed E-state index contributed by atoms with van der Waals surface area (Å²) in [4.78, 5) is 12.0. The van der Waals surface area contributed by atoms with Gasteiger partial charge in [0.15, 0.2) is 0 Å². The Morgan fingerprint density at radius 2 is 2.75 bits per heavy atom. The first-order valence-corrected chi connectivity index (χ1v) is 2.33. The second kappa shape index (κ2) is 1.81. The van der Waals surface area contributed by atoms with Gasteiger partial charge in [-0.05, 0) is 0 Å². The highest BCUT2D eigenvalue weighted by molar-refractivity contribution is 5.80. The first kappa shape index (κ1) is 5.08. The third-order valence-electron chi connectivity index (χ3n) is 0.954. The van der Waals surface area contributed by atoms with Crippen LogP contribution in [0.3, 0.4) is 0 Å². The Morgan fingerprint density at radius 1 is 2.00 bits per heavy atom. The molecule has 1 aliphatic rings. The molecule has 8 heavy (non-hydrogen) atoms. The first-order valence-electron chi connectivity index (χ1n) is 2.33. The predicted octanol–water partition coefficient (Wildman–Crippen LogP) is -0.373. The van der Waals surface area contributed by atoms with Crippen molar-refractivity contribution in [1.29, 1.82) is 0 Å². The molecule has 0 saturated heterocycles. The summed E-state index contributed by atoms with van der Waals surface area (Å²) in [5.74, 6) is 0. The van der Waals surface area contributed by atoms with Crippen LogP contribution in [0.15, 0.2) is 5.10 Å². The molecule has 1 N–H and O–H groups in total. The molecule has 1 rings (SSSR count). The molecular weight excluding hydrogens is 106 g/mol. The number of hydrazone groups is 1. The molecule has 0 radical (unpaired) electrons. The van der Waals surface area contributed by atoms with Crippen molar-refractivity contribution in [2.75, 3.05) is 13.6 Å². The van der Waals surface area contributed by atoms with E-state index in [-0.39, 0.29) is 6.03 Å². The molecule has 44 valence electrons. The van der Waals surface area contributed by atoms with Gasteiger partial charge in [-0.1, -0.05) is 0 Å². The minimum absolute atomic E-state index is 0.146. The van der Waals surface area contributed by atoms with Crippen LogP contribution in [0.2, 0.25) is 0 Å². The van der Waals surface area contributed by atoms with Crippen molar-refractivity contribution in [3.8, 4) is 0 Å². The van der Waals surface area contributed by atoms with Crippen molar-refractivity contribution in [3.05, 3.63) is 0 Å². The third-order valence-corrected chi connectivity index (χ3v) is 0.954. The highest BCUT2D eigenvalue weighted by atomic mass is 16.2. The van der Waals surface area contributed by atoms with Crippen molar-refractivity contribution in [2.24, 2.45) is 5.10 Å². The van der Waals surface area contributed by atoms with Crippen molar-refractivity contribution >= 4 is 12.2 Å². The van der Waals surface area contributed by atoms with Gasteiger partial charge in [-0.3, -0.25) is 0 Å². The lowest BCUT2D eigenvalue weighted by molar-refractivity contribution is 0.212. The van der Waals surface area contributed by atoms with E-state index in [1.165, 1.54) is 4.90 Å². The maximum Gasteiger partial charge on any atom is 0.337 e. The molecule has 0 saturated carbocycles. The molecule has 0 bridgehead atoms. The summed E-state index contributed by atoms with van der Waals surface area (Å²) < 4.78 is 0. The van der Waals surface area contributed by atoms with Gasteiger partial charge in [-0.15, -0.1) is 0 Å². The topological polar surface area (TPSA) is 44.7 Å². The molecular formula is C4H7N3O. The number of nitrogens with zero attached hydrogens (tertiary/aromatic N) is 2. The Balaban J connectivity index is 2.57. The zero-order valence-corrected chi connectivity index (χ0v) is 4.59. The molecule has 0 unspecified atom stereocenters. The van der Waals surface area contributed by atoms with E-state index in [1.807, 2.05) is 0 Å². The van der Waals surface area contributed by atoms with E-state index in [1.54, 1.807) is 13.3 Å². The summed E-state index contributed by atoms with van der Waals surface area (Å²) in [5, 5.41) is 3.54. The molecule has 1 heterocycles. The fourth-order valence-corrected chi connectivity index (χ4v) is 0.432. The second-order valence-corrected chi connectivity index (χ2v) is 1.61. The molecule has 4 nitrogen and oxygen atoms in total. The summed E-state index contributed by atoms with van der Waals surface area (Å²) in [6, 6.07) is -0.146. The van der Waals surface area contributed by atoms with E-state index < -0.39 is 0 Å². The second-order valence-electron chi connectivity index (χ2n) is 1.61. The van der Waals surface area contributed by atoms with E-state index >= 15 is 0 Å². The Labute approximate surface area is 47.2 Å². The van der Waals surface area contributed by atoms with E-state index in [9.17, 15) is 4.79 Å². The lowest BCUT2D eigenvalue weighted by atomic mass is 10.6. The van der Waals surface area contributed by atoms with E-state index in [4.69, 9.17) is 0 Å². The van der Waals surface area contributed by atoms with Crippen molar-refractivity contribution in [2.45, 2.75) is 0 Å². The number of urea groups is 1. The van der Waals surface area contributed by atoms with Crippen LogP contribution in [0.5, 0.6) is 0 Å². The Bertz CT molecular complexity index is 131. The van der Waals surface area contributed by atoms with Gasteiger partial charge in [0.25, 0.3) is 0 Å². The van der Waals surface area contributed by atoms with Crippen LogP contribution >= 0.6 is 0 Å². The zero-order valence-electron chi connectivity index (χ0n) is 4.59. The molecule has 4 heteroatoms. The number of hydrogen-bond acceptors (Lipinski definition) is 2. The summed E-state index contributed by atoms with van der Waals surface area (Å²) in [7, 11) is 1.71. The normalized spacial score (nSPS) is 18.6. The van der Waals surface area contributed by atoms with Crippen LogP contribution in [-0.4, -0.2) is 30.7 Å². The predicted molar refractivity (Wildman–Crippen MR) is 29.7 cm³/mol. The Hall–Kier alpha value is -1.06. The zero-order chi connectivity index (χ0) is 5.98. The van der Waals surface area contributed by atoms with Crippen LogP contribution in [0.25, 0.3) is 0 Å². The monoisotopic (exact) mass is 113 g/mol. The number of hydrogen-bond donors (Lipinski definition) is 1. The van der Waals surface area contributed by atoms with Crippen molar-refractivity contribution in [1.82, 2.24) is 10.3 Å². The number of rotatable bonds is 0. The van der Waals surface area contributed by atoms with E-state index in [0.717, 1.165) is 0 Å². The van der Waals surface area contributed by atoms with Gasteiger partial charge in [0.2, 0.25) is 0 Å². The highest BCUT2D eigenvalue weighted by Gasteiger charge is 2.07. The van der Waals surface area contributed by atoms with Gasteiger partial charge in [0.05, 0.1) is 6.54 Å². The number of carbonyl (C=O) groups is 1. The molecule has 2 amide bonds. The van der Waals surface area contributed by atoms with Crippen molar-refractivity contribution in [3.63, 3.8) is 0 Å². The minimum atomic E-state index is -0.146. The van der Waals surface area contributed by atoms with Crippen LogP contribution in [-0.2, 0) is 0 Å². The summed E-state index contributed by atoms with van der Waals surface area (Å²) in [6.45, 7) is 0.603. The van der Waals surface area contributed by atoms with Gasteiger partial charge in [-0.25, -0.2) is 10.2 Å². The van der Waals surface area contributed by atoms with E-state index in [2.05, 4.69) is 10.5 Å². The molecule has 0 aromatic rings. The Morgan fingerprint density at radius 3 is 3.12 bits per heavy atom. The van der Waals surface area contributed by atoms with Gasteiger partial charge in [0, 0.05) is 13.3 Å². The highest BCUT2D eigenvalue weighted by Crippen LogP contribution is 1.84. The molecule has 0 aliphatic carbocycles. The number of carbonyl (C=O) groups excluding carboxylic acids is 1. The molecule has 0 atom stereocenters. The SMILES string of the molecule is CN1CC=NNC1=O. The third kappa shape index (κ3) is 0.776. The molecule has 0 aromatic heterocycles. The lowest BCUT2D eigenvalue weighted by Gasteiger charge is -2.16. The van der Waals surface area contributed by atoms with Crippen LogP contribution in [0.4, 0.5) is 4.79 Å². The number of nitrogens with one attached hydrogen (secondary N) is 1. The molecule has 0 spiro atoms. The van der Waals surface area contributed by atoms with Crippen molar-refractivity contribution < 1.29 is 4.79 Å². The summed E-state index contributed by atoms with van der Waals surface area (Å²) >= 11 is 0. The average molecular weight is 113 g/mol. The smallest absolute Gasteiger partial charge is 0.321 e. The fraction of sp³-hybridized carbons (Fsp3) is 0.500. The van der Waals surface area contributed by atoms with Gasteiger partial charge in [-0.2, -0.15) is 5.10 Å². The van der Waals surface area contributed by atoms with Crippen LogP contribution in [0.1, 0.15) is 0 Å². The maximum absolute atomic E-state index is 10.5.